The van der Waals surface area contributed by atoms with Crippen molar-refractivity contribution in [1.29, 1.82) is 5.26 Å². The number of ether oxygens (including phenoxy) is 1. The highest BCUT2D eigenvalue weighted by molar-refractivity contribution is 7.80. The van der Waals surface area contributed by atoms with Gasteiger partial charge in [-0.1, -0.05) is 30.4 Å². The van der Waals surface area contributed by atoms with Crippen molar-refractivity contribution in [2.75, 3.05) is 0 Å². The van der Waals surface area contributed by atoms with Gasteiger partial charge in [0.1, 0.15) is 16.8 Å². The molecule has 0 spiro atoms. The summed E-state index contributed by atoms with van der Waals surface area (Å²) in [5, 5.41) is 20.2. The number of nitriles is 1. The Labute approximate surface area is 156 Å². The van der Waals surface area contributed by atoms with Crippen LogP contribution in [0.1, 0.15) is 11.1 Å². The number of benzene rings is 2. The molecule has 0 heterocycles. The molecule has 0 aliphatic rings. The number of halogens is 3. The Morgan fingerprint density at radius 3 is 2.48 bits per heavy atom. The Morgan fingerprint density at radius 1 is 1.26 bits per heavy atom. The standard InChI is InChI=1S/C17H10F3N3O3S/c18-17(19,20)12-5-6-15(13(8-12)23(24)25)26-14-4-2-1-3-10(14)7-11(9-21)16(22)27/h1-8H,(H2,22,27)/b11-7+. The number of nitrogens with zero attached hydrogens (tertiary/aromatic N) is 2. The molecule has 6 nitrogen and oxygen atoms in total. The molecule has 2 rings (SSSR count). The summed E-state index contributed by atoms with van der Waals surface area (Å²) in [4.78, 5) is 10.0. The number of nitrogens with two attached hydrogens (primary N) is 1. The lowest BCUT2D eigenvalue weighted by atomic mass is 10.1. The normalized spacial score (nSPS) is 11.6. The number of hydrogen-bond acceptors (Lipinski definition) is 5. The predicted octanol–water partition coefficient (Wildman–Crippen LogP) is 4.60. The molecule has 2 aromatic rings. The average Bonchev–Trinajstić information content (AvgIpc) is 2.59. The van der Waals surface area contributed by atoms with Gasteiger partial charge in [-0.2, -0.15) is 18.4 Å². The van der Waals surface area contributed by atoms with Gasteiger partial charge in [0.2, 0.25) is 5.75 Å². The second kappa shape index (κ2) is 7.84. The van der Waals surface area contributed by atoms with Gasteiger partial charge in [0, 0.05) is 11.6 Å². The number of hydrogen-bond donors (Lipinski definition) is 1. The minimum absolute atomic E-state index is 0.0250. The van der Waals surface area contributed by atoms with E-state index in [1.165, 1.54) is 18.2 Å². The fourth-order valence-corrected chi connectivity index (χ4v) is 2.15. The van der Waals surface area contributed by atoms with E-state index in [1.54, 1.807) is 18.2 Å². The summed E-state index contributed by atoms with van der Waals surface area (Å²) in [6.07, 6.45) is -3.42. The Kier molecular flexibility index (Phi) is 5.77. The van der Waals surface area contributed by atoms with E-state index in [0.717, 1.165) is 6.07 Å². The van der Waals surface area contributed by atoms with Gasteiger partial charge in [0.15, 0.2) is 0 Å². The van der Waals surface area contributed by atoms with Crippen molar-refractivity contribution in [3.8, 4) is 17.6 Å². The zero-order chi connectivity index (χ0) is 20.2. The van der Waals surface area contributed by atoms with Crippen molar-refractivity contribution in [2.45, 2.75) is 6.18 Å². The maximum atomic E-state index is 12.8. The third-order valence-corrected chi connectivity index (χ3v) is 3.53. The molecule has 2 N–H and O–H groups in total. The van der Waals surface area contributed by atoms with Crippen LogP contribution in [0.4, 0.5) is 18.9 Å². The van der Waals surface area contributed by atoms with Crippen LogP contribution in [-0.2, 0) is 6.18 Å². The van der Waals surface area contributed by atoms with E-state index in [-0.39, 0.29) is 22.1 Å². The van der Waals surface area contributed by atoms with E-state index in [9.17, 15) is 23.3 Å². The van der Waals surface area contributed by atoms with Crippen LogP contribution in [0.3, 0.4) is 0 Å². The molecule has 0 unspecified atom stereocenters. The Balaban J connectivity index is 2.51. The van der Waals surface area contributed by atoms with Gasteiger partial charge >= 0.3 is 11.9 Å². The Bertz CT molecular complexity index is 981. The fraction of sp³-hybridized carbons (Fsp3) is 0.0588. The summed E-state index contributed by atoms with van der Waals surface area (Å²) in [7, 11) is 0. The zero-order valence-electron chi connectivity index (χ0n) is 13.4. The smallest absolute Gasteiger partial charge is 0.416 e. The van der Waals surface area contributed by atoms with Crippen LogP contribution >= 0.6 is 12.2 Å². The number of thiocarbonyl (C=S) groups is 1. The molecule has 27 heavy (non-hydrogen) atoms. The molecule has 0 atom stereocenters. The molecule has 2 aromatic carbocycles. The number of alkyl halides is 3. The zero-order valence-corrected chi connectivity index (χ0v) is 14.2. The van der Waals surface area contributed by atoms with Crippen LogP contribution in [0.25, 0.3) is 6.08 Å². The van der Waals surface area contributed by atoms with Gasteiger partial charge in [-0.3, -0.25) is 10.1 Å². The third kappa shape index (κ3) is 4.80. The number of nitro benzene ring substituents is 1. The Morgan fingerprint density at radius 2 is 1.93 bits per heavy atom. The lowest BCUT2D eigenvalue weighted by Gasteiger charge is -2.11. The minimum atomic E-state index is -4.73. The topological polar surface area (TPSA) is 102 Å². The van der Waals surface area contributed by atoms with Crippen LogP contribution in [0, 0.1) is 21.4 Å². The van der Waals surface area contributed by atoms with Crippen LogP contribution < -0.4 is 10.5 Å². The maximum absolute atomic E-state index is 12.8. The van der Waals surface area contributed by atoms with E-state index >= 15 is 0 Å². The monoisotopic (exact) mass is 393 g/mol. The second-order valence-electron chi connectivity index (χ2n) is 5.11. The summed E-state index contributed by atoms with van der Waals surface area (Å²) < 4.78 is 43.8. The van der Waals surface area contributed by atoms with Crippen molar-refractivity contribution in [1.82, 2.24) is 0 Å². The molecule has 138 valence electrons. The van der Waals surface area contributed by atoms with Gasteiger partial charge < -0.3 is 10.5 Å². The molecule has 0 saturated heterocycles. The maximum Gasteiger partial charge on any atom is 0.416 e. The van der Waals surface area contributed by atoms with E-state index in [1.807, 2.05) is 0 Å². The molecular formula is C17H10F3N3O3S. The molecule has 0 amide bonds. The minimum Gasteiger partial charge on any atom is -0.449 e. The lowest BCUT2D eigenvalue weighted by Crippen LogP contribution is -2.09. The van der Waals surface area contributed by atoms with Gasteiger partial charge in [-0.15, -0.1) is 0 Å². The molecular weight excluding hydrogens is 383 g/mol. The molecule has 0 bridgehead atoms. The molecule has 0 fully saturated rings. The first-order valence-corrected chi connectivity index (χ1v) is 7.58. The Hall–Kier alpha value is -3.45. The lowest BCUT2D eigenvalue weighted by molar-refractivity contribution is -0.385. The van der Waals surface area contributed by atoms with Crippen molar-refractivity contribution in [3.05, 3.63) is 69.3 Å². The quantitative estimate of drug-likeness (QED) is 0.262. The van der Waals surface area contributed by atoms with E-state index in [4.69, 9.17) is 28.0 Å². The van der Waals surface area contributed by atoms with Crippen LogP contribution in [0.15, 0.2) is 48.0 Å². The summed E-state index contributed by atoms with van der Waals surface area (Å²) in [6.45, 7) is 0. The first-order chi connectivity index (χ1) is 12.6. The second-order valence-corrected chi connectivity index (χ2v) is 5.55. The van der Waals surface area contributed by atoms with Crippen molar-refractivity contribution >= 4 is 29.0 Å². The van der Waals surface area contributed by atoms with Crippen LogP contribution in [0.2, 0.25) is 0 Å². The van der Waals surface area contributed by atoms with E-state index < -0.39 is 22.4 Å². The highest BCUT2D eigenvalue weighted by Gasteiger charge is 2.33. The van der Waals surface area contributed by atoms with Gasteiger partial charge in [-0.25, -0.2) is 0 Å². The summed E-state index contributed by atoms with van der Waals surface area (Å²) in [5.41, 5.74) is 3.69. The molecule has 0 aliphatic carbocycles. The number of nitro groups is 1. The molecule has 10 heteroatoms. The van der Waals surface area contributed by atoms with E-state index in [2.05, 4.69) is 0 Å². The molecule has 0 aliphatic heterocycles. The van der Waals surface area contributed by atoms with Crippen molar-refractivity contribution in [2.24, 2.45) is 5.73 Å². The molecule has 0 radical (unpaired) electrons. The summed E-state index contributed by atoms with van der Waals surface area (Å²) >= 11 is 4.74. The summed E-state index contributed by atoms with van der Waals surface area (Å²) in [5.74, 6) is -0.313. The summed E-state index contributed by atoms with van der Waals surface area (Å²) in [6, 6.07) is 9.85. The number of rotatable bonds is 5. The highest BCUT2D eigenvalue weighted by Crippen LogP contribution is 2.38. The SMILES string of the molecule is N#C/C(=C\c1ccccc1Oc1ccc(C(F)(F)F)cc1[N+](=O)[O-])C(N)=S. The van der Waals surface area contributed by atoms with Crippen molar-refractivity contribution in [3.63, 3.8) is 0 Å². The van der Waals surface area contributed by atoms with Crippen LogP contribution in [0.5, 0.6) is 11.5 Å². The predicted molar refractivity (Wildman–Crippen MR) is 95.0 cm³/mol. The van der Waals surface area contributed by atoms with Gasteiger partial charge in [0.25, 0.3) is 0 Å². The largest absolute Gasteiger partial charge is 0.449 e. The third-order valence-electron chi connectivity index (χ3n) is 3.31. The van der Waals surface area contributed by atoms with Crippen molar-refractivity contribution < 1.29 is 22.8 Å². The van der Waals surface area contributed by atoms with Gasteiger partial charge in [0.05, 0.1) is 16.1 Å². The first kappa shape index (κ1) is 19.9. The van der Waals surface area contributed by atoms with Crippen LogP contribution in [-0.4, -0.2) is 9.91 Å². The van der Waals surface area contributed by atoms with Gasteiger partial charge in [-0.05, 0) is 24.3 Å². The van der Waals surface area contributed by atoms with E-state index in [0.29, 0.717) is 17.7 Å². The first-order valence-electron chi connectivity index (χ1n) is 7.17. The molecule has 0 aromatic heterocycles. The highest BCUT2D eigenvalue weighted by atomic mass is 32.1. The average molecular weight is 393 g/mol. The molecule has 0 saturated carbocycles. The number of para-hydroxylation sites is 1. The fourth-order valence-electron chi connectivity index (χ4n) is 2.05.